The lowest BCUT2D eigenvalue weighted by molar-refractivity contribution is -0.139. The Balaban J connectivity index is 1.74. The first-order chi connectivity index (χ1) is 15.7. The number of carbonyl (C=O) groups excluding carboxylic acids is 3. The zero-order chi connectivity index (χ0) is 23.7. The largest absolute Gasteiger partial charge is 0.372 e. The van der Waals surface area contributed by atoms with Crippen molar-refractivity contribution >= 4 is 29.0 Å². The summed E-state index contributed by atoms with van der Waals surface area (Å²) in [5.74, 6) is -1.61. The highest BCUT2D eigenvalue weighted by molar-refractivity contribution is 6.35. The molecule has 33 heavy (non-hydrogen) atoms. The topological polar surface area (TPSA) is 79.0 Å². The summed E-state index contributed by atoms with van der Waals surface area (Å²) in [6.07, 6.45) is -0.235. The fourth-order valence-corrected chi connectivity index (χ4v) is 4.34. The molecule has 0 aromatic heterocycles. The number of morpholine rings is 1. The van der Waals surface area contributed by atoms with Crippen molar-refractivity contribution in [2.75, 3.05) is 18.4 Å². The molecule has 0 spiro atoms. The summed E-state index contributed by atoms with van der Waals surface area (Å²) in [5, 5.41) is 2.69. The number of rotatable bonds is 5. The van der Waals surface area contributed by atoms with E-state index >= 15 is 0 Å². The molecule has 2 aliphatic rings. The molecule has 1 saturated heterocycles. The standard InChI is InChI=1S/C25H26FN3O4/c1-15-12-28(13-16(2)33-15)23-22(18-8-10-20(11-9-18)27-17(3)30)24(31)29(25(23)32)14-19-6-4-5-7-21(19)26/h4-11,15-16H,12-14H2,1-3H3,(H,27,30). The van der Waals surface area contributed by atoms with Crippen LogP contribution in [0.25, 0.3) is 5.57 Å². The fraction of sp³-hybridized carbons (Fsp3) is 0.320. The van der Waals surface area contributed by atoms with E-state index in [-0.39, 0.29) is 35.8 Å². The molecule has 2 aromatic carbocycles. The molecule has 0 aliphatic carbocycles. The van der Waals surface area contributed by atoms with Crippen LogP contribution in [0, 0.1) is 5.82 Å². The SMILES string of the molecule is CC(=O)Nc1ccc(C2=C(N3CC(C)OC(C)C3)C(=O)N(Cc3ccccc3F)C2=O)cc1. The number of nitrogens with zero attached hydrogens (tertiary/aromatic N) is 2. The van der Waals surface area contributed by atoms with Crippen LogP contribution in [-0.4, -0.2) is 52.8 Å². The number of imide groups is 1. The first kappa shape index (κ1) is 22.7. The summed E-state index contributed by atoms with van der Waals surface area (Å²) in [6, 6.07) is 12.9. The monoisotopic (exact) mass is 451 g/mol. The number of amides is 3. The maximum absolute atomic E-state index is 14.3. The number of hydrogen-bond acceptors (Lipinski definition) is 5. The Morgan fingerprint density at radius 1 is 1.03 bits per heavy atom. The van der Waals surface area contributed by atoms with Gasteiger partial charge < -0.3 is 15.0 Å². The van der Waals surface area contributed by atoms with Gasteiger partial charge in [0, 0.05) is 31.3 Å². The predicted octanol–water partition coefficient (Wildman–Crippen LogP) is 3.17. The number of carbonyl (C=O) groups is 3. The summed E-state index contributed by atoms with van der Waals surface area (Å²) in [4.78, 5) is 41.4. The van der Waals surface area contributed by atoms with Crippen molar-refractivity contribution < 1.29 is 23.5 Å². The Kier molecular flexibility index (Phi) is 6.29. The van der Waals surface area contributed by atoms with E-state index in [4.69, 9.17) is 4.74 Å². The molecule has 1 N–H and O–H groups in total. The lowest BCUT2D eigenvalue weighted by Crippen LogP contribution is -2.46. The van der Waals surface area contributed by atoms with Gasteiger partial charge in [-0.2, -0.15) is 0 Å². The Hall–Kier alpha value is -3.52. The van der Waals surface area contributed by atoms with E-state index in [1.807, 2.05) is 18.7 Å². The molecule has 4 rings (SSSR count). The van der Waals surface area contributed by atoms with Crippen LogP contribution in [0.5, 0.6) is 0 Å². The molecular formula is C25H26FN3O4. The highest BCUT2D eigenvalue weighted by Crippen LogP contribution is 2.34. The molecule has 0 saturated carbocycles. The van der Waals surface area contributed by atoms with Gasteiger partial charge in [0.05, 0.1) is 24.3 Å². The van der Waals surface area contributed by atoms with Crippen molar-refractivity contribution in [3.05, 3.63) is 71.2 Å². The van der Waals surface area contributed by atoms with Gasteiger partial charge in [-0.15, -0.1) is 0 Å². The smallest absolute Gasteiger partial charge is 0.278 e. The normalized spacial score (nSPS) is 21.1. The van der Waals surface area contributed by atoms with Crippen LogP contribution in [0.3, 0.4) is 0 Å². The summed E-state index contributed by atoms with van der Waals surface area (Å²) in [5.41, 5.74) is 1.98. The second kappa shape index (κ2) is 9.15. The Morgan fingerprint density at radius 2 is 1.67 bits per heavy atom. The number of ether oxygens (including phenoxy) is 1. The second-order valence-electron chi connectivity index (χ2n) is 8.43. The van der Waals surface area contributed by atoms with Crippen LogP contribution in [0.15, 0.2) is 54.2 Å². The van der Waals surface area contributed by atoms with Crippen LogP contribution in [0.4, 0.5) is 10.1 Å². The Bertz CT molecular complexity index is 1120. The van der Waals surface area contributed by atoms with E-state index in [1.165, 1.54) is 13.0 Å². The van der Waals surface area contributed by atoms with E-state index in [2.05, 4.69) is 5.32 Å². The fourth-order valence-electron chi connectivity index (χ4n) is 4.34. The molecule has 2 heterocycles. The van der Waals surface area contributed by atoms with E-state index in [9.17, 15) is 18.8 Å². The van der Waals surface area contributed by atoms with Gasteiger partial charge in [0.1, 0.15) is 11.5 Å². The number of anilines is 1. The molecule has 2 atom stereocenters. The van der Waals surface area contributed by atoms with Crippen molar-refractivity contribution in [2.45, 2.75) is 39.5 Å². The molecule has 2 aromatic rings. The third kappa shape index (κ3) is 4.66. The molecule has 8 heteroatoms. The van der Waals surface area contributed by atoms with Crippen molar-refractivity contribution in [1.82, 2.24) is 9.80 Å². The van der Waals surface area contributed by atoms with E-state index in [0.29, 0.717) is 30.0 Å². The van der Waals surface area contributed by atoms with E-state index in [0.717, 1.165) is 4.90 Å². The summed E-state index contributed by atoms with van der Waals surface area (Å²) in [6.45, 7) is 6.01. The summed E-state index contributed by atoms with van der Waals surface area (Å²) < 4.78 is 20.1. The molecule has 1 fully saturated rings. The zero-order valence-electron chi connectivity index (χ0n) is 18.8. The zero-order valence-corrected chi connectivity index (χ0v) is 18.8. The van der Waals surface area contributed by atoms with Crippen LogP contribution in [0.1, 0.15) is 31.9 Å². The maximum Gasteiger partial charge on any atom is 0.278 e. The first-order valence-electron chi connectivity index (χ1n) is 10.9. The van der Waals surface area contributed by atoms with Crippen LogP contribution in [-0.2, 0) is 25.7 Å². The van der Waals surface area contributed by atoms with Gasteiger partial charge in [-0.05, 0) is 37.6 Å². The lowest BCUT2D eigenvalue weighted by Gasteiger charge is -2.37. The minimum Gasteiger partial charge on any atom is -0.372 e. The highest BCUT2D eigenvalue weighted by Gasteiger charge is 2.43. The number of halogens is 1. The predicted molar refractivity (Wildman–Crippen MR) is 121 cm³/mol. The van der Waals surface area contributed by atoms with Gasteiger partial charge in [0.15, 0.2) is 0 Å². The number of benzene rings is 2. The van der Waals surface area contributed by atoms with Gasteiger partial charge in [0.25, 0.3) is 11.8 Å². The average molecular weight is 451 g/mol. The third-order valence-electron chi connectivity index (χ3n) is 5.66. The Labute approximate surface area is 191 Å². The second-order valence-corrected chi connectivity index (χ2v) is 8.43. The molecule has 2 unspecified atom stereocenters. The minimum absolute atomic E-state index is 0.117. The van der Waals surface area contributed by atoms with Gasteiger partial charge in [-0.3, -0.25) is 19.3 Å². The van der Waals surface area contributed by atoms with Crippen molar-refractivity contribution in [3.63, 3.8) is 0 Å². The van der Waals surface area contributed by atoms with Crippen LogP contribution in [0.2, 0.25) is 0 Å². The number of nitrogens with one attached hydrogen (secondary N) is 1. The summed E-state index contributed by atoms with van der Waals surface area (Å²) >= 11 is 0. The van der Waals surface area contributed by atoms with Crippen molar-refractivity contribution in [1.29, 1.82) is 0 Å². The quantitative estimate of drug-likeness (QED) is 0.707. The third-order valence-corrected chi connectivity index (χ3v) is 5.66. The van der Waals surface area contributed by atoms with Gasteiger partial charge in [-0.25, -0.2) is 4.39 Å². The molecule has 2 aliphatic heterocycles. The van der Waals surface area contributed by atoms with Gasteiger partial charge in [0.2, 0.25) is 5.91 Å². The maximum atomic E-state index is 14.3. The minimum atomic E-state index is -0.475. The molecular weight excluding hydrogens is 425 g/mol. The first-order valence-corrected chi connectivity index (χ1v) is 10.9. The van der Waals surface area contributed by atoms with Gasteiger partial charge in [-0.1, -0.05) is 30.3 Å². The molecule has 0 radical (unpaired) electrons. The molecule has 3 amide bonds. The van der Waals surface area contributed by atoms with Gasteiger partial charge >= 0.3 is 0 Å². The molecule has 172 valence electrons. The molecule has 7 nitrogen and oxygen atoms in total. The number of hydrogen-bond donors (Lipinski definition) is 1. The average Bonchev–Trinajstić information content (AvgIpc) is 2.99. The van der Waals surface area contributed by atoms with E-state index < -0.39 is 17.6 Å². The summed E-state index contributed by atoms with van der Waals surface area (Å²) in [7, 11) is 0. The van der Waals surface area contributed by atoms with Crippen LogP contribution >= 0.6 is 0 Å². The molecule has 0 bridgehead atoms. The van der Waals surface area contributed by atoms with Crippen molar-refractivity contribution in [3.8, 4) is 0 Å². The van der Waals surface area contributed by atoms with Crippen molar-refractivity contribution in [2.24, 2.45) is 0 Å². The highest BCUT2D eigenvalue weighted by atomic mass is 19.1. The lowest BCUT2D eigenvalue weighted by atomic mass is 10.0. The Morgan fingerprint density at radius 3 is 2.27 bits per heavy atom. The van der Waals surface area contributed by atoms with Crippen LogP contribution < -0.4 is 5.32 Å². The van der Waals surface area contributed by atoms with E-state index in [1.54, 1.807) is 42.5 Å².